The fraction of sp³-hybridized carbons (Fsp3) is 0.250. The van der Waals surface area contributed by atoms with Crippen LogP contribution in [-0.2, 0) is 0 Å². The van der Waals surface area contributed by atoms with Crippen molar-refractivity contribution >= 4 is 0 Å². The Morgan fingerprint density at radius 2 is 3.00 bits per heavy atom. The SMILES string of the molecule is [2H]c1cnoc1C. The van der Waals surface area contributed by atoms with Gasteiger partial charge in [-0.3, -0.25) is 0 Å². The molecule has 6 heavy (non-hydrogen) atoms. The molecule has 0 unspecified atom stereocenters. The van der Waals surface area contributed by atoms with Gasteiger partial charge in [0.25, 0.3) is 0 Å². The molecule has 32 valence electrons. The summed E-state index contributed by atoms with van der Waals surface area (Å²) >= 11 is 0. The van der Waals surface area contributed by atoms with Crippen molar-refractivity contribution in [3.8, 4) is 0 Å². The third-order valence-electron chi connectivity index (χ3n) is 0.510. The van der Waals surface area contributed by atoms with E-state index in [9.17, 15) is 0 Å². The van der Waals surface area contributed by atoms with E-state index in [1.54, 1.807) is 6.92 Å². The van der Waals surface area contributed by atoms with E-state index >= 15 is 0 Å². The largest absolute Gasteiger partial charge is 0.362 e. The van der Waals surface area contributed by atoms with Crippen LogP contribution in [-0.4, -0.2) is 5.16 Å². The monoisotopic (exact) mass is 84.0 g/mol. The van der Waals surface area contributed by atoms with Crippen LogP contribution >= 0.6 is 0 Å². The highest BCUT2D eigenvalue weighted by atomic mass is 16.5. The second-order valence-corrected chi connectivity index (χ2v) is 1.03. The summed E-state index contributed by atoms with van der Waals surface area (Å²) in [7, 11) is 0. The fourth-order valence-electron chi connectivity index (χ4n) is 0.249. The molecule has 0 bridgehead atoms. The number of hydrogen-bond acceptors (Lipinski definition) is 2. The summed E-state index contributed by atoms with van der Waals surface area (Å²) in [6.45, 7) is 1.70. The molecule has 2 nitrogen and oxygen atoms in total. The molecule has 0 atom stereocenters. The van der Waals surface area contributed by atoms with Gasteiger partial charge < -0.3 is 4.52 Å². The minimum atomic E-state index is 0.361. The number of hydrogen-bond donors (Lipinski definition) is 0. The molecule has 0 saturated carbocycles. The van der Waals surface area contributed by atoms with Crippen LogP contribution in [0.2, 0.25) is 0 Å². The molecule has 0 fully saturated rings. The molecule has 0 aliphatic carbocycles. The van der Waals surface area contributed by atoms with Gasteiger partial charge in [0, 0.05) is 6.04 Å². The van der Waals surface area contributed by atoms with E-state index < -0.39 is 0 Å². The van der Waals surface area contributed by atoms with Crippen molar-refractivity contribution in [1.82, 2.24) is 5.16 Å². The maximum Gasteiger partial charge on any atom is 0.133 e. The topological polar surface area (TPSA) is 26.0 Å². The Morgan fingerprint density at radius 1 is 2.17 bits per heavy atom. The van der Waals surface area contributed by atoms with Gasteiger partial charge >= 0.3 is 0 Å². The van der Waals surface area contributed by atoms with E-state index in [4.69, 9.17) is 1.37 Å². The van der Waals surface area contributed by atoms with Gasteiger partial charge in [0.1, 0.15) is 5.76 Å². The summed E-state index contributed by atoms with van der Waals surface area (Å²) in [6, 6.07) is 0.361. The molecule has 1 rings (SSSR count). The van der Waals surface area contributed by atoms with E-state index in [0.29, 0.717) is 11.8 Å². The zero-order valence-electron chi connectivity index (χ0n) is 4.43. The van der Waals surface area contributed by atoms with Gasteiger partial charge in [-0.2, -0.15) is 0 Å². The molecule has 0 amide bonds. The molecule has 1 aromatic rings. The molecule has 2 heteroatoms. The number of nitrogens with zero attached hydrogens (tertiary/aromatic N) is 1. The Morgan fingerprint density at radius 3 is 3.17 bits per heavy atom. The maximum atomic E-state index is 6.94. The fourth-order valence-corrected chi connectivity index (χ4v) is 0.249. The first kappa shape index (κ1) is 2.39. The van der Waals surface area contributed by atoms with Crippen LogP contribution < -0.4 is 0 Å². The maximum absolute atomic E-state index is 6.94. The molecule has 0 N–H and O–H groups in total. The van der Waals surface area contributed by atoms with Crippen molar-refractivity contribution in [1.29, 1.82) is 0 Å². The van der Waals surface area contributed by atoms with Crippen LogP contribution in [0.1, 0.15) is 7.13 Å². The summed E-state index contributed by atoms with van der Waals surface area (Å²) in [5, 5.41) is 3.36. The smallest absolute Gasteiger partial charge is 0.133 e. The third kappa shape index (κ3) is 0.407. The van der Waals surface area contributed by atoms with Crippen molar-refractivity contribution in [2.24, 2.45) is 0 Å². The number of aryl methyl sites for hydroxylation is 1. The zero-order valence-corrected chi connectivity index (χ0v) is 3.43. The van der Waals surface area contributed by atoms with Crippen molar-refractivity contribution in [2.45, 2.75) is 6.92 Å². The summed E-state index contributed by atoms with van der Waals surface area (Å²) < 4.78 is 11.5. The van der Waals surface area contributed by atoms with Gasteiger partial charge in [-0.25, -0.2) is 0 Å². The molecule has 0 aliphatic heterocycles. The van der Waals surface area contributed by atoms with Gasteiger partial charge in [-0.15, -0.1) is 0 Å². The van der Waals surface area contributed by atoms with E-state index in [-0.39, 0.29) is 0 Å². The Balaban J connectivity index is 3.12. The van der Waals surface area contributed by atoms with Gasteiger partial charge in [0.2, 0.25) is 0 Å². The average Bonchev–Trinajstić information content (AvgIpc) is 1.91. The predicted octanol–water partition coefficient (Wildman–Crippen LogP) is 0.983. The molecule has 0 saturated heterocycles. The second kappa shape index (κ2) is 1.12. The van der Waals surface area contributed by atoms with Crippen molar-refractivity contribution < 1.29 is 5.89 Å². The molecule has 1 aromatic heterocycles. The van der Waals surface area contributed by atoms with E-state index in [1.165, 1.54) is 6.20 Å². The van der Waals surface area contributed by atoms with Crippen LogP contribution in [0.15, 0.2) is 16.8 Å². The molecule has 0 radical (unpaired) electrons. The van der Waals surface area contributed by atoms with Crippen LogP contribution in [0.25, 0.3) is 0 Å². The van der Waals surface area contributed by atoms with Crippen LogP contribution in [0.4, 0.5) is 0 Å². The molecule has 0 aromatic carbocycles. The minimum absolute atomic E-state index is 0.361. The summed E-state index contributed by atoms with van der Waals surface area (Å²) in [6.07, 6.45) is 1.37. The van der Waals surface area contributed by atoms with Crippen molar-refractivity contribution in [3.05, 3.63) is 18.0 Å². The van der Waals surface area contributed by atoms with Gasteiger partial charge in [0.15, 0.2) is 0 Å². The lowest BCUT2D eigenvalue weighted by Crippen LogP contribution is -1.50. The van der Waals surface area contributed by atoms with Gasteiger partial charge in [-0.1, -0.05) is 5.16 Å². The Labute approximate surface area is 37.2 Å². The highest BCUT2D eigenvalue weighted by Gasteiger charge is 1.78. The summed E-state index contributed by atoms with van der Waals surface area (Å²) in [4.78, 5) is 0. The minimum Gasteiger partial charge on any atom is -0.362 e. The second-order valence-electron chi connectivity index (χ2n) is 1.03. The molecular weight excluding hydrogens is 78.0 g/mol. The van der Waals surface area contributed by atoms with E-state index in [0.717, 1.165) is 0 Å². The quantitative estimate of drug-likeness (QED) is 0.468. The highest BCUT2D eigenvalue weighted by molar-refractivity contribution is 4.87. The summed E-state index contributed by atoms with van der Waals surface area (Å²) in [5.41, 5.74) is 0. The molecule has 1 heterocycles. The molecular formula is C4H5NO. The Hall–Kier alpha value is -0.790. The van der Waals surface area contributed by atoms with Crippen molar-refractivity contribution in [3.63, 3.8) is 0 Å². The lowest BCUT2D eigenvalue weighted by atomic mass is 10.5. The van der Waals surface area contributed by atoms with Crippen LogP contribution in [0, 0.1) is 6.92 Å². The van der Waals surface area contributed by atoms with Crippen LogP contribution in [0.3, 0.4) is 0 Å². The standard InChI is InChI=1S/C4H5NO/c1-4-2-3-5-6-4/h2-3H,1H3/i2D. The van der Waals surface area contributed by atoms with E-state index in [1.807, 2.05) is 0 Å². The highest BCUT2D eigenvalue weighted by Crippen LogP contribution is 1.88. The Bertz CT molecular complexity index is 144. The number of aromatic nitrogens is 1. The molecule has 0 spiro atoms. The Kier molecular flexibility index (Phi) is 0.449. The number of rotatable bonds is 0. The lowest BCUT2D eigenvalue weighted by Gasteiger charge is -1.65. The zero-order chi connectivity index (χ0) is 5.28. The van der Waals surface area contributed by atoms with Gasteiger partial charge in [-0.05, 0) is 6.92 Å². The molecule has 0 aliphatic rings. The van der Waals surface area contributed by atoms with Gasteiger partial charge in [0.05, 0.1) is 7.57 Å². The average molecular weight is 84.1 g/mol. The third-order valence-corrected chi connectivity index (χ3v) is 0.510. The van der Waals surface area contributed by atoms with Crippen molar-refractivity contribution in [2.75, 3.05) is 0 Å². The first-order valence-corrected chi connectivity index (χ1v) is 1.68. The van der Waals surface area contributed by atoms with E-state index in [2.05, 4.69) is 9.68 Å². The summed E-state index contributed by atoms with van der Waals surface area (Å²) in [5.74, 6) is 0.569. The first-order chi connectivity index (χ1) is 3.30. The predicted molar refractivity (Wildman–Crippen MR) is 21.2 cm³/mol. The first-order valence-electron chi connectivity index (χ1n) is 2.18. The normalized spacial score (nSPS) is 11.2. The lowest BCUT2D eigenvalue weighted by molar-refractivity contribution is 0.397. The van der Waals surface area contributed by atoms with Crippen LogP contribution in [0.5, 0.6) is 0 Å².